The normalized spacial score (nSPS) is 9.00. The van der Waals surface area contributed by atoms with Crippen molar-refractivity contribution in [3.8, 4) is 0 Å². The van der Waals surface area contributed by atoms with E-state index in [9.17, 15) is 14.4 Å². The number of rotatable bonds is 3. The van der Waals surface area contributed by atoms with Crippen molar-refractivity contribution in [2.24, 2.45) is 0 Å². The maximum absolute atomic E-state index is 10.5. The molecule has 0 amide bonds. The number of carboxylic acids is 3. The third kappa shape index (κ3) is 3.08. The third-order valence-electron chi connectivity index (χ3n) is 1.51. The van der Waals surface area contributed by atoms with Crippen LogP contribution in [0.3, 0.4) is 0 Å². The molecule has 8 heteroatoms. The molecule has 3 N–H and O–H groups in total. The van der Waals surface area contributed by atoms with Crippen LogP contribution >= 0.6 is 0 Å². The number of pyridine rings is 1. The van der Waals surface area contributed by atoms with Crippen molar-refractivity contribution in [2.45, 2.75) is 0 Å². The predicted octanol–water partition coefficient (Wildman–Crippen LogP) is -0.472. The number of carbonyl (C=O) groups is 3. The van der Waals surface area contributed by atoms with Gasteiger partial charge in [-0.15, -0.1) is 0 Å². The molecule has 1 rings (SSSR count). The van der Waals surface area contributed by atoms with Gasteiger partial charge < -0.3 is 15.3 Å². The summed E-state index contributed by atoms with van der Waals surface area (Å²) >= 11 is 0. The summed E-state index contributed by atoms with van der Waals surface area (Å²) in [5.41, 5.74) is -1.67. The average molecular weight is 219 g/mol. The Morgan fingerprint density at radius 1 is 0.875 bits per heavy atom. The second-order valence-electron chi connectivity index (χ2n) is 2.54. The number of hydrogen-bond acceptors (Lipinski definition) is 4. The standard InChI is InChI=1S/C8H5NO6.Li.H/c10-6(11)3-1-4(7(12)13)9-5(2-3)8(14)15;;/h1-2H,(H,10,11)(H,12,13)(H,14,15);;. The van der Waals surface area contributed by atoms with Crippen molar-refractivity contribution in [3.63, 3.8) is 0 Å². The molecule has 0 aliphatic heterocycles. The number of hydrogen-bond donors (Lipinski definition) is 3. The summed E-state index contributed by atoms with van der Waals surface area (Å²) in [5, 5.41) is 25.7. The summed E-state index contributed by atoms with van der Waals surface area (Å²) in [6.45, 7) is 0. The van der Waals surface area contributed by atoms with Crippen molar-refractivity contribution in [1.82, 2.24) is 4.98 Å². The van der Waals surface area contributed by atoms with Gasteiger partial charge in [0.1, 0.15) is 11.4 Å². The summed E-state index contributed by atoms with van der Waals surface area (Å²) in [4.78, 5) is 34.8. The molecule has 0 aliphatic rings. The third-order valence-corrected chi connectivity index (χ3v) is 1.51. The molecule has 0 aromatic carbocycles. The van der Waals surface area contributed by atoms with E-state index in [-0.39, 0.29) is 18.9 Å². The van der Waals surface area contributed by atoms with Gasteiger partial charge >= 0.3 is 36.8 Å². The second-order valence-corrected chi connectivity index (χ2v) is 2.54. The van der Waals surface area contributed by atoms with Crippen molar-refractivity contribution in [1.29, 1.82) is 0 Å². The first-order valence-electron chi connectivity index (χ1n) is 3.64. The Morgan fingerprint density at radius 2 is 1.25 bits per heavy atom. The molecule has 0 spiro atoms. The van der Waals surface area contributed by atoms with E-state index in [1.165, 1.54) is 0 Å². The van der Waals surface area contributed by atoms with Crippen LogP contribution in [0.15, 0.2) is 12.1 Å². The Balaban J connectivity index is 0.00000225. The van der Waals surface area contributed by atoms with Crippen LogP contribution in [-0.4, -0.2) is 57.1 Å². The molecular formula is C8H6LiNO6. The van der Waals surface area contributed by atoms with Gasteiger partial charge in [0.15, 0.2) is 0 Å². The average Bonchev–Trinajstić information content (AvgIpc) is 2.16. The fourth-order valence-corrected chi connectivity index (χ4v) is 0.873. The topological polar surface area (TPSA) is 125 Å². The predicted molar refractivity (Wildman–Crippen MR) is 52.3 cm³/mol. The van der Waals surface area contributed by atoms with Crippen molar-refractivity contribution >= 4 is 36.8 Å². The van der Waals surface area contributed by atoms with Crippen LogP contribution in [0.2, 0.25) is 0 Å². The monoisotopic (exact) mass is 219 g/mol. The Bertz CT molecular complexity index is 379. The van der Waals surface area contributed by atoms with E-state index >= 15 is 0 Å². The quantitative estimate of drug-likeness (QED) is 0.586. The molecule has 0 saturated carbocycles. The van der Waals surface area contributed by atoms with Gasteiger partial charge in [-0.25, -0.2) is 19.4 Å². The second kappa shape index (κ2) is 5.30. The van der Waals surface area contributed by atoms with Crippen molar-refractivity contribution in [3.05, 3.63) is 29.1 Å². The van der Waals surface area contributed by atoms with Crippen LogP contribution in [0.25, 0.3) is 0 Å². The van der Waals surface area contributed by atoms with Gasteiger partial charge in [-0.3, -0.25) is 0 Å². The Labute approximate surface area is 101 Å². The first-order chi connectivity index (χ1) is 6.91. The van der Waals surface area contributed by atoms with Crippen LogP contribution in [0.1, 0.15) is 31.3 Å². The molecule has 0 saturated heterocycles. The molecule has 1 aromatic heterocycles. The fourth-order valence-electron chi connectivity index (χ4n) is 0.873. The van der Waals surface area contributed by atoms with Gasteiger partial charge in [0.25, 0.3) is 0 Å². The van der Waals surface area contributed by atoms with Crippen molar-refractivity contribution < 1.29 is 29.7 Å². The minimum absolute atomic E-state index is 0. The van der Waals surface area contributed by atoms with Crippen LogP contribution in [0.5, 0.6) is 0 Å². The van der Waals surface area contributed by atoms with E-state index < -0.39 is 34.9 Å². The Kier molecular flexibility index (Phi) is 4.69. The molecule has 0 bridgehead atoms. The fraction of sp³-hybridized carbons (Fsp3) is 0. The molecule has 1 heterocycles. The summed E-state index contributed by atoms with van der Waals surface area (Å²) in [5.74, 6) is -4.39. The Morgan fingerprint density at radius 3 is 1.50 bits per heavy atom. The molecule has 0 unspecified atom stereocenters. The van der Waals surface area contributed by atoms with Gasteiger partial charge in [-0.2, -0.15) is 0 Å². The molecule has 0 radical (unpaired) electrons. The molecule has 80 valence electrons. The first kappa shape index (κ1) is 14.2. The zero-order valence-electron chi connectivity index (χ0n) is 7.17. The number of aromatic carboxylic acids is 3. The van der Waals surface area contributed by atoms with Crippen LogP contribution in [0.4, 0.5) is 0 Å². The number of aromatic nitrogens is 1. The zero-order chi connectivity index (χ0) is 11.6. The van der Waals surface area contributed by atoms with Gasteiger partial charge in [0.2, 0.25) is 0 Å². The number of nitrogens with zero attached hydrogens (tertiary/aromatic N) is 1. The van der Waals surface area contributed by atoms with E-state index in [0.29, 0.717) is 0 Å². The van der Waals surface area contributed by atoms with Crippen LogP contribution in [-0.2, 0) is 0 Å². The van der Waals surface area contributed by atoms with E-state index in [0.717, 1.165) is 12.1 Å². The molecule has 1 aromatic rings. The van der Waals surface area contributed by atoms with Crippen LogP contribution < -0.4 is 0 Å². The molecule has 0 aliphatic carbocycles. The zero-order valence-corrected chi connectivity index (χ0v) is 7.17. The van der Waals surface area contributed by atoms with Crippen LogP contribution in [0, 0.1) is 0 Å². The van der Waals surface area contributed by atoms with Gasteiger partial charge in [-0.1, -0.05) is 0 Å². The molecule has 16 heavy (non-hydrogen) atoms. The van der Waals surface area contributed by atoms with E-state index in [4.69, 9.17) is 15.3 Å². The molecular weight excluding hydrogens is 213 g/mol. The van der Waals surface area contributed by atoms with Crippen molar-refractivity contribution in [2.75, 3.05) is 0 Å². The minimum atomic E-state index is -1.49. The summed E-state index contributed by atoms with van der Waals surface area (Å²) in [6, 6.07) is 1.58. The van der Waals surface area contributed by atoms with E-state index in [1.54, 1.807) is 0 Å². The van der Waals surface area contributed by atoms with Gasteiger partial charge in [-0.05, 0) is 12.1 Å². The first-order valence-corrected chi connectivity index (χ1v) is 3.64. The molecule has 0 atom stereocenters. The summed E-state index contributed by atoms with van der Waals surface area (Å²) in [7, 11) is 0. The Hall–Kier alpha value is -1.84. The SMILES string of the molecule is O=C(O)c1cc(C(=O)O)nc(C(=O)O)c1.[LiH]. The molecule has 7 nitrogen and oxygen atoms in total. The van der Waals surface area contributed by atoms with Gasteiger partial charge in [0.05, 0.1) is 5.56 Å². The summed E-state index contributed by atoms with van der Waals surface area (Å²) < 4.78 is 0. The molecule has 0 fully saturated rings. The summed E-state index contributed by atoms with van der Waals surface area (Å²) in [6.07, 6.45) is 0. The number of carboxylic acid groups (broad SMARTS) is 3. The van der Waals surface area contributed by atoms with E-state index in [1.807, 2.05) is 0 Å². The van der Waals surface area contributed by atoms with E-state index in [2.05, 4.69) is 4.98 Å². The van der Waals surface area contributed by atoms with Gasteiger partial charge in [0, 0.05) is 0 Å². The maximum atomic E-state index is 10.5.